The summed E-state index contributed by atoms with van der Waals surface area (Å²) in [7, 11) is 1.53. The Labute approximate surface area is 117 Å². The van der Waals surface area contributed by atoms with Crippen molar-refractivity contribution >= 4 is 17.3 Å². The van der Waals surface area contributed by atoms with E-state index in [1.54, 1.807) is 18.3 Å². The molecule has 5 heteroatoms. The van der Waals surface area contributed by atoms with Crippen LogP contribution in [0.15, 0.2) is 42.6 Å². The third kappa shape index (κ3) is 2.30. The number of carbonyl (C=O) groups excluding carboxylic acids is 1. The van der Waals surface area contributed by atoms with Crippen LogP contribution in [0, 0.1) is 0 Å². The van der Waals surface area contributed by atoms with Gasteiger partial charge in [-0.3, -0.25) is 4.79 Å². The van der Waals surface area contributed by atoms with Gasteiger partial charge >= 0.3 is 0 Å². The Morgan fingerprint density at radius 2 is 2.20 bits per heavy atom. The Morgan fingerprint density at radius 3 is 3.00 bits per heavy atom. The molecule has 0 aliphatic carbocycles. The normalized spacial score (nSPS) is 16.1. The van der Waals surface area contributed by atoms with Crippen molar-refractivity contribution in [2.45, 2.75) is 12.5 Å². The van der Waals surface area contributed by atoms with Crippen molar-refractivity contribution in [3.05, 3.63) is 48.2 Å². The van der Waals surface area contributed by atoms with E-state index in [0.717, 1.165) is 11.3 Å². The van der Waals surface area contributed by atoms with Gasteiger partial charge in [0.25, 0.3) is 0 Å². The number of pyridine rings is 1. The predicted octanol–water partition coefficient (Wildman–Crippen LogP) is 2.07. The van der Waals surface area contributed by atoms with Crippen molar-refractivity contribution < 1.29 is 9.53 Å². The SMILES string of the molecule is COc1ncccc1NC(=O)[C@@H]1Cc2ccccc2N1. The highest BCUT2D eigenvalue weighted by Gasteiger charge is 2.26. The summed E-state index contributed by atoms with van der Waals surface area (Å²) in [5.41, 5.74) is 2.76. The van der Waals surface area contributed by atoms with Crippen LogP contribution in [0.25, 0.3) is 0 Å². The summed E-state index contributed by atoms with van der Waals surface area (Å²) in [5.74, 6) is 0.323. The number of benzene rings is 1. The van der Waals surface area contributed by atoms with E-state index in [2.05, 4.69) is 15.6 Å². The van der Waals surface area contributed by atoms with Gasteiger partial charge in [-0.25, -0.2) is 4.98 Å². The molecule has 0 fully saturated rings. The van der Waals surface area contributed by atoms with Crippen molar-refractivity contribution in [3.8, 4) is 5.88 Å². The third-order valence-corrected chi connectivity index (χ3v) is 3.31. The van der Waals surface area contributed by atoms with Crippen LogP contribution in [0.1, 0.15) is 5.56 Å². The number of hydrogen-bond acceptors (Lipinski definition) is 4. The van der Waals surface area contributed by atoms with Crippen LogP contribution in [0.4, 0.5) is 11.4 Å². The second-order valence-electron chi connectivity index (χ2n) is 4.61. The van der Waals surface area contributed by atoms with Gasteiger partial charge < -0.3 is 15.4 Å². The minimum atomic E-state index is -0.266. The number of ether oxygens (including phenoxy) is 1. The van der Waals surface area contributed by atoms with Gasteiger partial charge in [0, 0.05) is 18.3 Å². The maximum Gasteiger partial charge on any atom is 0.247 e. The Bertz CT molecular complexity index is 618. The second-order valence-corrected chi connectivity index (χ2v) is 4.61. The van der Waals surface area contributed by atoms with Gasteiger partial charge in [0.15, 0.2) is 0 Å². The van der Waals surface area contributed by atoms with Crippen LogP contribution < -0.4 is 15.4 Å². The summed E-state index contributed by atoms with van der Waals surface area (Å²) in [6, 6.07) is 11.2. The van der Waals surface area contributed by atoms with Gasteiger partial charge in [0.1, 0.15) is 11.7 Å². The van der Waals surface area contributed by atoms with E-state index in [9.17, 15) is 4.79 Å². The number of aromatic nitrogens is 1. The summed E-state index contributed by atoms with van der Waals surface area (Å²) in [4.78, 5) is 16.4. The van der Waals surface area contributed by atoms with Crippen LogP contribution in [-0.2, 0) is 11.2 Å². The number of carbonyl (C=O) groups is 1. The molecule has 1 amide bonds. The molecule has 20 heavy (non-hydrogen) atoms. The standard InChI is InChI=1S/C15H15N3O2/c1-20-15-12(7-4-8-16-15)18-14(19)13-9-10-5-2-3-6-11(10)17-13/h2-8,13,17H,9H2,1H3,(H,18,19)/t13-/m0/s1. The van der Waals surface area contributed by atoms with E-state index in [-0.39, 0.29) is 11.9 Å². The van der Waals surface area contributed by atoms with Gasteiger partial charge in [0.2, 0.25) is 11.8 Å². The smallest absolute Gasteiger partial charge is 0.247 e. The number of methoxy groups -OCH3 is 1. The quantitative estimate of drug-likeness (QED) is 0.895. The fourth-order valence-electron chi connectivity index (χ4n) is 2.32. The molecule has 2 N–H and O–H groups in total. The number of anilines is 2. The maximum atomic E-state index is 12.3. The Balaban J connectivity index is 1.72. The van der Waals surface area contributed by atoms with E-state index in [0.29, 0.717) is 18.0 Å². The van der Waals surface area contributed by atoms with Gasteiger partial charge in [-0.15, -0.1) is 0 Å². The summed E-state index contributed by atoms with van der Waals surface area (Å²) < 4.78 is 5.12. The van der Waals surface area contributed by atoms with Crippen molar-refractivity contribution in [1.82, 2.24) is 4.98 Å². The molecule has 3 rings (SSSR count). The van der Waals surface area contributed by atoms with Crippen molar-refractivity contribution in [3.63, 3.8) is 0 Å². The predicted molar refractivity (Wildman–Crippen MR) is 77.0 cm³/mol. The molecule has 1 atom stereocenters. The molecular weight excluding hydrogens is 254 g/mol. The number of hydrogen-bond donors (Lipinski definition) is 2. The first-order valence-electron chi connectivity index (χ1n) is 6.42. The average molecular weight is 269 g/mol. The lowest BCUT2D eigenvalue weighted by Crippen LogP contribution is -2.32. The number of fused-ring (bicyclic) bond motifs is 1. The molecule has 1 aromatic carbocycles. The first kappa shape index (κ1) is 12.5. The van der Waals surface area contributed by atoms with Crippen molar-refractivity contribution in [2.75, 3.05) is 17.7 Å². The summed E-state index contributed by atoms with van der Waals surface area (Å²) >= 11 is 0. The van der Waals surface area contributed by atoms with E-state index in [1.165, 1.54) is 7.11 Å². The van der Waals surface area contributed by atoms with Crippen LogP contribution in [0.3, 0.4) is 0 Å². The molecule has 5 nitrogen and oxygen atoms in total. The molecular formula is C15H15N3O2. The summed E-state index contributed by atoms with van der Waals surface area (Å²) in [6.45, 7) is 0. The molecule has 1 aromatic heterocycles. The molecule has 0 saturated carbocycles. The zero-order chi connectivity index (χ0) is 13.9. The highest BCUT2D eigenvalue weighted by atomic mass is 16.5. The minimum absolute atomic E-state index is 0.0903. The number of nitrogens with zero attached hydrogens (tertiary/aromatic N) is 1. The lowest BCUT2D eigenvalue weighted by molar-refractivity contribution is -0.116. The third-order valence-electron chi connectivity index (χ3n) is 3.31. The molecule has 2 heterocycles. The molecule has 0 radical (unpaired) electrons. The lowest BCUT2D eigenvalue weighted by atomic mass is 10.1. The summed E-state index contributed by atoms with van der Waals surface area (Å²) in [6.07, 6.45) is 2.31. The van der Waals surface area contributed by atoms with Crippen LogP contribution in [0.2, 0.25) is 0 Å². The molecule has 2 aromatic rings. The monoisotopic (exact) mass is 269 g/mol. The van der Waals surface area contributed by atoms with Crippen molar-refractivity contribution in [2.24, 2.45) is 0 Å². The highest BCUT2D eigenvalue weighted by Crippen LogP contribution is 2.27. The number of rotatable bonds is 3. The largest absolute Gasteiger partial charge is 0.480 e. The van der Waals surface area contributed by atoms with Gasteiger partial charge in [-0.2, -0.15) is 0 Å². The zero-order valence-electron chi connectivity index (χ0n) is 11.1. The van der Waals surface area contributed by atoms with Crippen molar-refractivity contribution in [1.29, 1.82) is 0 Å². The molecule has 1 aliphatic rings. The lowest BCUT2D eigenvalue weighted by Gasteiger charge is -2.13. The molecule has 0 unspecified atom stereocenters. The first-order chi connectivity index (χ1) is 9.78. The van der Waals surface area contributed by atoms with Gasteiger partial charge in [-0.1, -0.05) is 18.2 Å². The second kappa shape index (κ2) is 5.21. The molecule has 1 aliphatic heterocycles. The van der Waals surface area contributed by atoms with Crippen LogP contribution in [0.5, 0.6) is 5.88 Å². The molecule has 102 valence electrons. The van der Waals surface area contributed by atoms with E-state index in [4.69, 9.17) is 4.74 Å². The molecule has 0 bridgehead atoms. The Kier molecular flexibility index (Phi) is 3.25. The molecule has 0 spiro atoms. The van der Waals surface area contributed by atoms with E-state index >= 15 is 0 Å². The fourth-order valence-corrected chi connectivity index (χ4v) is 2.32. The van der Waals surface area contributed by atoms with Gasteiger partial charge in [0.05, 0.1) is 7.11 Å². The number of nitrogens with one attached hydrogen (secondary N) is 2. The van der Waals surface area contributed by atoms with Crippen LogP contribution >= 0.6 is 0 Å². The van der Waals surface area contributed by atoms with E-state index in [1.807, 2.05) is 24.3 Å². The van der Waals surface area contributed by atoms with Crippen LogP contribution in [-0.4, -0.2) is 24.0 Å². The molecule has 0 saturated heterocycles. The topological polar surface area (TPSA) is 63.2 Å². The average Bonchev–Trinajstić information content (AvgIpc) is 2.92. The maximum absolute atomic E-state index is 12.3. The number of para-hydroxylation sites is 1. The Hall–Kier alpha value is -2.56. The zero-order valence-corrected chi connectivity index (χ0v) is 11.1. The fraction of sp³-hybridized carbons (Fsp3) is 0.200. The highest BCUT2D eigenvalue weighted by molar-refractivity contribution is 5.98. The minimum Gasteiger partial charge on any atom is -0.480 e. The summed E-state index contributed by atoms with van der Waals surface area (Å²) in [5, 5.41) is 6.07. The first-order valence-corrected chi connectivity index (χ1v) is 6.42. The Morgan fingerprint density at radius 1 is 1.35 bits per heavy atom. The van der Waals surface area contributed by atoms with E-state index < -0.39 is 0 Å². The number of amides is 1. The van der Waals surface area contributed by atoms with Gasteiger partial charge in [-0.05, 0) is 23.8 Å².